The molecule has 0 saturated heterocycles. The molecule has 1 amide bonds. The number of anilines is 1. The fraction of sp³-hybridized carbons (Fsp3) is 0.417. The molecule has 0 aliphatic heterocycles. The Bertz CT molecular complexity index is 404. The minimum Gasteiger partial charge on any atom is -0.325 e. The van der Waals surface area contributed by atoms with Gasteiger partial charge in [-0.1, -0.05) is 18.0 Å². The Morgan fingerprint density at radius 3 is 2.81 bits per heavy atom. The second kappa shape index (κ2) is 5.19. The van der Waals surface area contributed by atoms with E-state index in [0.717, 1.165) is 10.2 Å². The van der Waals surface area contributed by atoms with Gasteiger partial charge >= 0.3 is 0 Å². The topological polar surface area (TPSA) is 29.1 Å². The van der Waals surface area contributed by atoms with Crippen LogP contribution in [0.4, 0.5) is 5.69 Å². The minimum atomic E-state index is 0.0905. The fourth-order valence-electron chi connectivity index (χ4n) is 1.75. The molecule has 1 fully saturated rings. The summed E-state index contributed by atoms with van der Waals surface area (Å²) in [6, 6.07) is 5.36. The van der Waals surface area contributed by atoms with E-state index in [1.807, 2.05) is 6.07 Å². The van der Waals surface area contributed by atoms with Gasteiger partial charge in [0.25, 0.3) is 0 Å². The first-order chi connectivity index (χ1) is 7.65. The lowest BCUT2D eigenvalue weighted by Crippen LogP contribution is -2.20. The molecular weight excluding hydrogens is 289 g/mol. The highest BCUT2D eigenvalue weighted by Crippen LogP contribution is 2.30. The highest BCUT2D eigenvalue weighted by molar-refractivity contribution is 9.10. The highest BCUT2D eigenvalue weighted by Gasteiger charge is 2.20. The number of halogens is 2. The van der Waals surface area contributed by atoms with Crippen molar-refractivity contribution in [1.29, 1.82) is 0 Å². The van der Waals surface area contributed by atoms with Gasteiger partial charge in [0.05, 0.1) is 5.69 Å². The van der Waals surface area contributed by atoms with Crippen molar-refractivity contribution < 1.29 is 4.79 Å². The smallest absolute Gasteiger partial charge is 0.224 e. The average Bonchev–Trinajstić information content (AvgIpc) is 2.16. The van der Waals surface area contributed by atoms with Crippen molar-refractivity contribution in [3.63, 3.8) is 0 Å². The SMILES string of the molecule is O=C(CC1CCC1)Nc1ccc(Cl)cc1Br. The molecule has 0 spiro atoms. The van der Waals surface area contributed by atoms with Crippen LogP contribution in [0.3, 0.4) is 0 Å². The average molecular weight is 303 g/mol. The van der Waals surface area contributed by atoms with Gasteiger partial charge in [0, 0.05) is 15.9 Å². The number of carbonyl (C=O) groups is 1. The van der Waals surface area contributed by atoms with Gasteiger partial charge in [-0.25, -0.2) is 0 Å². The molecule has 86 valence electrons. The first kappa shape index (κ1) is 11.9. The third kappa shape index (κ3) is 2.98. The van der Waals surface area contributed by atoms with Crippen LogP contribution in [0.15, 0.2) is 22.7 Å². The van der Waals surface area contributed by atoms with Crippen LogP contribution in [0.2, 0.25) is 5.02 Å². The molecule has 16 heavy (non-hydrogen) atoms. The standard InChI is InChI=1S/C12H13BrClNO/c13-10-7-9(14)4-5-11(10)15-12(16)6-8-2-1-3-8/h4-5,7-8H,1-3,6H2,(H,15,16). The lowest BCUT2D eigenvalue weighted by atomic mass is 9.83. The normalized spacial score (nSPS) is 15.6. The van der Waals surface area contributed by atoms with Crippen LogP contribution in [0.5, 0.6) is 0 Å². The Morgan fingerprint density at radius 2 is 2.25 bits per heavy atom. The lowest BCUT2D eigenvalue weighted by Gasteiger charge is -2.24. The number of carbonyl (C=O) groups excluding carboxylic acids is 1. The Labute approximate surface area is 108 Å². The molecule has 0 atom stereocenters. The molecule has 0 heterocycles. The molecular formula is C12H13BrClNO. The quantitative estimate of drug-likeness (QED) is 0.889. The summed E-state index contributed by atoms with van der Waals surface area (Å²) in [5.74, 6) is 0.679. The second-order valence-corrected chi connectivity index (χ2v) is 5.46. The highest BCUT2D eigenvalue weighted by atomic mass is 79.9. The van der Waals surface area contributed by atoms with Crippen molar-refractivity contribution in [3.05, 3.63) is 27.7 Å². The van der Waals surface area contributed by atoms with E-state index in [0.29, 0.717) is 17.4 Å². The fourth-order valence-corrected chi connectivity index (χ4v) is 2.53. The number of hydrogen-bond acceptors (Lipinski definition) is 1. The molecule has 1 aliphatic carbocycles. The van der Waals surface area contributed by atoms with Gasteiger partial charge < -0.3 is 5.32 Å². The predicted molar refractivity (Wildman–Crippen MR) is 69.7 cm³/mol. The van der Waals surface area contributed by atoms with Gasteiger partial charge in [0.1, 0.15) is 0 Å². The summed E-state index contributed by atoms with van der Waals surface area (Å²) in [6.45, 7) is 0. The van der Waals surface area contributed by atoms with Crippen LogP contribution >= 0.6 is 27.5 Å². The number of amides is 1. The van der Waals surface area contributed by atoms with E-state index in [1.165, 1.54) is 19.3 Å². The third-order valence-corrected chi connectivity index (χ3v) is 3.80. The Balaban J connectivity index is 1.94. The maximum atomic E-state index is 11.7. The van der Waals surface area contributed by atoms with Gasteiger partial charge in [-0.05, 0) is 52.9 Å². The van der Waals surface area contributed by atoms with Gasteiger partial charge in [-0.15, -0.1) is 0 Å². The molecule has 0 bridgehead atoms. The monoisotopic (exact) mass is 301 g/mol. The maximum absolute atomic E-state index is 11.7. The van der Waals surface area contributed by atoms with Crippen LogP contribution in [-0.2, 0) is 4.79 Å². The molecule has 2 rings (SSSR count). The molecule has 1 saturated carbocycles. The number of benzene rings is 1. The van der Waals surface area contributed by atoms with Crippen molar-refractivity contribution >= 4 is 39.1 Å². The van der Waals surface area contributed by atoms with Crippen molar-refractivity contribution in [2.75, 3.05) is 5.32 Å². The summed E-state index contributed by atoms with van der Waals surface area (Å²) in [7, 11) is 0. The van der Waals surface area contributed by atoms with Crippen molar-refractivity contribution in [3.8, 4) is 0 Å². The second-order valence-electron chi connectivity index (χ2n) is 4.17. The molecule has 4 heteroatoms. The van der Waals surface area contributed by atoms with E-state index in [2.05, 4.69) is 21.2 Å². The van der Waals surface area contributed by atoms with Crippen LogP contribution in [0.1, 0.15) is 25.7 Å². The molecule has 1 aromatic rings. The molecule has 1 aromatic carbocycles. The number of rotatable bonds is 3. The maximum Gasteiger partial charge on any atom is 0.224 e. The molecule has 0 aromatic heterocycles. The summed E-state index contributed by atoms with van der Waals surface area (Å²) < 4.78 is 0.821. The zero-order valence-electron chi connectivity index (χ0n) is 8.80. The Kier molecular flexibility index (Phi) is 3.87. The van der Waals surface area contributed by atoms with E-state index in [1.54, 1.807) is 12.1 Å². The van der Waals surface area contributed by atoms with Gasteiger partial charge in [-0.2, -0.15) is 0 Å². The van der Waals surface area contributed by atoms with Crippen molar-refractivity contribution in [1.82, 2.24) is 0 Å². The van der Waals surface area contributed by atoms with Crippen LogP contribution in [0.25, 0.3) is 0 Å². The lowest BCUT2D eigenvalue weighted by molar-refractivity contribution is -0.117. The zero-order valence-corrected chi connectivity index (χ0v) is 11.1. The van der Waals surface area contributed by atoms with Gasteiger partial charge in [0.2, 0.25) is 5.91 Å². The largest absolute Gasteiger partial charge is 0.325 e. The van der Waals surface area contributed by atoms with E-state index in [9.17, 15) is 4.79 Å². The van der Waals surface area contributed by atoms with Crippen LogP contribution in [0, 0.1) is 5.92 Å². The zero-order chi connectivity index (χ0) is 11.5. The van der Waals surface area contributed by atoms with E-state index in [-0.39, 0.29) is 5.91 Å². The Morgan fingerprint density at radius 1 is 1.50 bits per heavy atom. The van der Waals surface area contributed by atoms with Crippen LogP contribution < -0.4 is 5.32 Å². The van der Waals surface area contributed by atoms with E-state index in [4.69, 9.17) is 11.6 Å². The third-order valence-electron chi connectivity index (χ3n) is 2.90. The molecule has 0 unspecified atom stereocenters. The summed E-state index contributed by atoms with van der Waals surface area (Å²) in [4.78, 5) is 11.7. The van der Waals surface area contributed by atoms with Crippen molar-refractivity contribution in [2.45, 2.75) is 25.7 Å². The minimum absolute atomic E-state index is 0.0905. The summed E-state index contributed by atoms with van der Waals surface area (Å²) in [5, 5.41) is 3.55. The predicted octanol–water partition coefficient (Wildman–Crippen LogP) is 4.23. The molecule has 2 nitrogen and oxygen atoms in total. The molecule has 0 radical (unpaired) electrons. The summed E-state index contributed by atoms with van der Waals surface area (Å²) >= 11 is 9.20. The van der Waals surface area contributed by atoms with Gasteiger partial charge in [-0.3, -0.25) is 4.79 Å². The first-order valence-electron chi connectivity index (χ1n) is 5.40. The van der Waals surface area contributed by atoms with Crippen LogP contribution in [-0.4, -0.2) is 5.91 Å². The van der Waals surface area contributed by atoms with Gasteiger partial charge in [0.15, 0.2) is 0 Å². The number of hydrogen-bond donors (Lipinski definition) is 1. The summed E-state index contributed by atoms with van der Waals surface area (Å²) in [6.07, 6.45) is 4.28. The molecule has 1 N–H and O–H groups in total. The summed E-state index contributed by atoms with van der Waals surface area (Å²) in [5.41, 5.74) is 0.786. The Hall–Kier alpha value is -0.540. The van der Waals surface area contributed by atoms with Crippen molar-refractivity contribution in [2.24, 2.45) is 5.92 Å². The molecule has 1 aliphatic rings. The first-order valence-corrected chi connectivity index (χ1v) is 6.57. The van der Waals surface area contributed by atoms with E-state index >= 15 is 0 Å². The van der Waals surface area contributed by atoms with E-state index < -0.39 is 0 Å². The number of nitrogens with one attached hydrogen (secondary N) is 1.